The Morgan fingerprint density at radius 3 is 2.78 bits per heavy atom. The van der Waals surface area contributed by atoms with Crippen molar-refractivity contribution < 1.29 is 9.53 Å². The molecular formula is C16H16N4O2S. The number of benzene rings is 1. The minimum absolute atomic E-state index is 0.225. The van der Waals surface area contributed by atoms with Crippen LogP contribution in [0.3, 0.4) is 0 Å². The molecule has 0 atom stereocenters. The lowest BCUT2D eigenvalue weighted by molar-refractivity contribution is 0.0943. The summed E-state index contributed by atoms with van der Waals surface area (Å²) in [4.78, 5) is 16.8. The molecule has 2 aromatic heterocycles. The lowest BCUT2D eigenvalue weighted by Crippen LogP contribution is -2.25. The summed E-state index contributed by atoms with van der Waals surface area (Å²) in [6.45, 7) is 2.32. The fourth-order valence-corrected chi connectivity index (χ4v) is 2.83. The summed E-state index contributed by atoms with van der Waals surface area (Å²) in [5, 5.41) is 9.99. The number of ether oxygens (including phenoxy) is 1. The molecule has 2 heterocycles. The largest absolute Gasteiger partial charge is 0.480 e. The van der Waals surface area contributed by atoms with Crippen molar-refractivity contribution in [2.75, 3.05) is 7.11 Å². The van der Waals surface area contributed by atoms with E-state index in [1.807, 2.05) is 42.6 Å². The van der Waals surface area contributed by atoms with Gasteiger partial charge in [0.05, 0.1) is 19.3 Å². The molecule has 0 aliphatic heterocycles. The average molecular weight is 328 g/mol. The summed E-state index contributed by atoms with van der Waals surface area (Å²) in [5.74, 6) is 0.168. The molecule has 1 amide bonds. The fraction of sp³-hybridized carbons (Fsp3) is 0.188. The van der Waals surface area contributed by atoms with Crippen LogP contribution in [-0.4, -0.2) is 27.8 Å². The number of carbonyl (C=O) groups excluding carboxylic acids is 1. The normalized spacial score (nSPS) is 10.5. The van der Waals surface area contributed by atoms with Crippen LogP contribution in [0.15, 0.2) is 41.8 Å². The van der Waals surface area contributed by atoms with Crippen molar-refractivity contribution in [1.29, 1.82) is 0 Å². The molecule has 0 saturated heterocycles. The van der Waals surface area contributed by atoms with E-state index in [9.17, 15) is 4.79 Å². The van der Waals surface area contributed by atoms with E-state index in [-0.39, 0.29) is 5.91 Å². The summed E-state index contributed by atoms with van der Waals surface area (Å²) < 4.78 is 6.72. The molecule has 1 aromatic carbocycles. The van der Waals surface area contributed by atoms with Crippen LogP contribution in [0.5, 0.6) is 5.88 Å². The lowest BCUT2D eigenvalue weighted by Gasteiger charge is -2.07. The summed E-state index contributed by atoms with van der Waals surface area (Å²) >= 11 is 1.52. The SMILES string of the molecule is COc1cc(C(=O)NCc2nc(C)cs2)n(-c2ccccc2)n1. The van der Waals surface area contributed by atoms with Gasteiger partial charge >= 0.3 is 0 Å². The van der Waals surface area contributed by atoms with Gasteiger partial charge in [-0.2, -0.15) is 0 Å². The van der Waals surface area contributed by atoms with Gasteiger partial charge in [-0.15, -0.1) is 16.4 Å². The number of nitrogens with one attached hydrogen (secondary N) is 1. The van der Waals surface area contributed by atoms with E-state index >= 15 is 0 Å². The van der Waals surface area contributed by atoms with Crippen molar-refractivity contribution >= 4 is 17.2 Å². The van der Waals surface area contributed by atoms with Crippen molar-refractivity contribution in [1.82, 2.24) is 20.1 Å². The van der Waals surface area contributed by atoms with Crippen molar-refractivity contribution in [3.63, 3.8) is 0 Å². The number of para-hydroxylation sites is 1. The Hall–Kier alpha value is -2.67. The van der Waals surface area contributed by atoms with Crippen LogP contribution in [0, 0.1) is 6.92 Å². The first-order chi connectivity index (χ1) is 11.2. The zero-order valence-corrected chi connectivity index (χ0v) is 13.6. The average Bonchev–Trinajstić information content (AvgIpc) is 3.19. The second-order valence-electron chi connectivity index (χ2n) is 4.88. The molecule has 0 fully saturated rings. The molecule has 0 aliphatic rings. The topological polar surface area (TPSA) is 69.0 Å². The van der Waals surface area contributed by atoms with E-state index in [4.69, 9.17) is 4.74 Å². The highest BCUT2D eigenvalue weighted by Gasteiger charge is 2.17. The van der Waals surface area contributed by atoms with Gasteiger partial charge in [0.1, 0.15) is 10.7 Å². The predicted molar refractivity (Wildman–Crippen MR) is 88.1 cm³/mol. The number of nitrogens with zero attached hydrogens (tertiary/aromatic N) is 3. The van der Waals surface area contributed by atoms with Gasteiger partial charge in [0.2, 0.25) is 5.88 Å². The summed E-state index contributed by atoms with van der Waals surface area (Å²) in [6, 6.07) is 11.1. The minimum atomic E-state index is -0.225. The first-order valence-corrected chi connectivity index (χ1v) is 7.94. The number of hydrogen-bond acceptors (Lipinski definition) is 5. The van der Waals surface area contributed by atoms with Gasteiger partial charge < -0.3 is 10.1 Å². The first-order valence-electron chi connectivity index (χ1n) is 7.06. The number of aromatic nitrogens is 3. The van der Waals surface area contributed by atoms with Crippen LogP contribution < -0.4 is 10.1 Å². The van der Waals surface area contributed by atoms with Gasteiger partial charge in [0, 0.05) is 17.1 Å². The Kier molecular flexibility index (Phi) is 4.38. The smallest absolute Gasteiger partial charge is 0.270 e. The molecule has 7 heteroatoms. The molecule has 0 bridgehead atoms. The molecule has 0 unspecified atom stereocenters. The highest BCUT2D eigenvalue weighted by Crippen LogP contribution is 2.17. The maximum absolute atomic E-state index is 12.5. The third kappa shape index (κ3) is 3.40. The van der Waals surface area contributed by atoms with E-state index in [0.717, 1.165) is 16.4 Å². The molecule has 118 valence electrons. The van der Waals surface area contributed by atoms with Crippen molar-refractivity contribution in [2.45, 2.75) is 13.5 Å². The Morgan fingerprint density at radius 2 is 2.13 bits per heavy atom. The van der Waals surface area contributed by atoms with Crippen molar-refractivity contribution in [3.8, 4) is 11.6 Å². The Bertz CT molecular complexity index is 811. The fourth-order valence-electron chi connectivity index (χ4n) is 2.12. The van der Waals surface area contributed by atoms with Gasteiger partial charge in [-0.1, -0.05) is 18.2 Å². The maximum Gasteiger partial charge on any atom is 0.270 e. The lowest BCUT2D eigenvalue weighted by atomic mass is 10.3. The number of rotatable bonds is 5. The Labute approximate surface area is 137 Å². The van der Waals surface area contributed by atoms with E-state index in [0.29, 0.717) is 18.1 Å². The molecule has 23 heavy (non-hydrogen) atoms. The molecule has 1 N–H and O–H groups in total. The first kappa shape index (κ1) is 15.2. The van der Waals surface area contributed by atoms with Crippen LogP contribution in [0.25, 0.3) is 5.69 Å². The highest BCUT2D eigenvalue weighted by molar-refractivity contribution is 7.09. The Balaban J connectivity index is 1.83. The molecule has 0 aliphatic carbocycles. The molecule has 6 nitrogen and oxygen atoms in total. The number of aryl methyl sites for hydroxylation is 1. The maximum atomic E-state index is 12.5. The van der Waals surface area contributed by atoms with Crippen LogP contribution in [0.1, 0.15) is 21.2 Å². The van der Waals surface area contributed by atoms with Gasteiger partial charge in [0.15, 0.2) is 0 Å². The number of thiazole rings is 1. The van der Waals surface area contributed by atoms with Crippen LogP contribution >= 0.6 is 11.3 Å². The summed E-state index contributed by atoms with van der Waals surface area (Å²) in [5.41, 5.74) is 2.17. The molecule has 0 saturated carbocycles. The molecule has 3 aromatic rings. The third-order valence-corrected chi connectivity index (χ3v) is 4.16. The number of amides is 1. The quantitative estimate of drug-likeness (QED) is 0.781. The van der Waals surface area contributed by atoms with Crippen LogP contribution in [0.4, 0.5) is 0 Å². The van der Waals surface area contributed by atoms with Crippen LogP contribution in [-0.2, 0) is 6.54 Å². The second kappa shape index (κ2) is 6.62. The standard InChI is InChI=1S/C16H16N4O2S/c1-11-10-23-15(18-11)9-17-16(21)13-8-14(22-2)19-20(13)12-6-4-3-5-7-12/h3-8,10H,9H2,1-2H3,(H,17,21). The van der Waals surface area contributed by atoms with E-state index in [2.05, 4.69) is 15.4 Å². The van der Waals surface area contributed by atoms with Crippen LogP contribution in [0.2, 0.25) is 0 Å². The summed E-state index contributed by atoms with van der Waals surface area (Å²) in [7, 11) is 1.53. The number of hydrogen-bond donors (Lipinski definition) is 1. The van der Waals surface area contributed by atoms with Gasteiger partial charge in [0.25, 0.3) is 5.91 Å². The number of methoxy groups -OCH3 is 1. The number of carbonyl (C=O) groups is 1. The van der Waals surface area contributed by atoms with E-state index in [1.54, 1.807) is 10.7 Å². The van der Waals surface area contributed by atoms with Gasteiger partial charge in [-0.05, 0) is 19.1 Å². The van der Waals surface area contributed by atoms with Gasteiger partial charge in [-0.3, -0.25) is 4.79 Å². The van der Waals surface area contributed by atoms with Gasteiger partial charge in [-0.25, -0.2) is 9.67 Å². The highest BCUT2D eigenvalue weighted by atomic mass is 32.1. The Morgan fingerprint density at radius 1 is 1.35 bits per heavy atom. The monoisotopic (exact) mass is 328 g/mol. The van der Waals surface area contributed by atoms with E-state index < -0.39 is 0 Å². The minimum Gasteiger partial charge on any atom is -0.480 e. The third-order valence-electron chi connectivity index (χ3n) is 3.20. The molecule has 0 spiro atoms. The summed E-state index contributed by atoms with van der Waals surface area (Å²) in [6.07, 6.45) is 0. The zero-order valence-electron chi connectivity index (χ0n) is 12.8. The van der Waals surface area contributed by atoms with E-state index in [1.165, 1.54) is 18.4 Å². The molecule has 0 radical (unpaired) electrons. The van der Waals surface area contributed by atoms with Crippen molar-refractivity contribution in [3.05, 3.63) is 58.2 Å². The predicted octanol–water partition coefficient (Wildman–Crippen LogP) is 2.58. The molecular weight excluding hydrogens is 312 g/mol. The second-order valence-corrected chi connectivity index (χ2v) is 5.83. The zero-order chi connectivity index (χ0) is 16.2. The van der Waals surface area contributed by atoms with Crippen molar-refractivity contribution in [2.24, 2.45) is 0 Å². The molecule has 3 rings (SSSR count).